The number of imidazole rings is 2. The molecule has 340 valence electrons. The van der Waals surface area contributed by atoms with Gasteiger partial charge in [0.2, 0.25) is 11.8 Å². The monoisotopic (exact) mass is 865 g/mol. The molecule has 2 aromatic heterocycles. The quantitative estimate of drug-likeness (QED) is 0.102. The molecule has 2 aliphatic heterocycles. The van der Waals surface area contributed by atoms with E-state index in [1.165, 1.54) is 14.2 Å². The van der Waals surface area contributed by atoms with E-state index < -0.39 is 24.3 Å². The number of carbonyl (C=O) groups is 4. The van der Waals surface area contributed by atoms with Crippen LogP contribution in [-0.2, 0) is 19.1 Å². The first-order valence-electron chi connectivity index (χ1n) is 22.4. The maximum atomic E-state index is 14.1. The van der Waals surface area contributed by atoms with Crippen molar-refractivity contribution in [3.63, 3.8) is 0 Å². The lowest BCUT2D eigenvalue weighted by molar-refractivity contribution is -0.138. The molecule has 3 aromatic carbocycles. The van der Waals surface area contributed by atoms with Gasteiger partial charge in [0.1, 0.15) is 23.7 Å². The molecule has 4 fully saturated rings. The van der Waals surface area contributed by atoms with Crippen LogP contribution in [0.3, 0.4) is 0 Å². The second kappa shape index (κ2) is 16.8. The lowest BCUT2D eigenvalue weighted by Crippen LogP contribution is -2.53. The van der Waals surface area contributed by atoms with Crippen LogP contribution in [-0.4, -0.2) is 92.6 Å². The second-order valence-corrected chi connectivity index (χ2v) is 18.9. The molecule has 1 spiro atoms. The highest BCUT2D eigenvalue weighted by atomic mass is 16.5. The van der Waals surface area contributed by atoms with Crippen molar-refractivity contribution in [2.24, 2.45) is 23.2 Å². The van der Waals surface area contributed by atoms with Gasteiger partial charge in [-0.2, -0.15) is 0 Å². The molecule has 9 rings (SSSR count). The molecule has 14 heteroatoms. The normalized spacial score (nSPS) is 22.1. The average molecular weight is 865 g/mol. The van der Waals surface area contributed by atoms with Crippen molar-refractivity contribution in [1.82, 2.24) is 40.4 Å². The third kappa shape index (κ3) is 8.15. The van der Waals surface area contributed by atoms with Crippen LogP contribution < -0.4 is 10.6 Å². The third-order valence-corrected chi connectivity index (χ3v) is 14.1. The number of benzene rings is 3. The van der Waals surface area contributed by atoms with Gasteiger partial charge in [-0.05, 0) is 101 Å². The Balaban J connectivity index is 0.00000202. The van der Waals surface area contributed by atoms with E-state index in [0.29, 0.717) is 12.5 Å². The molecule has 4 N–H and O–H groups in total. The summed E-state index contributed by atoms with van der Waals surface area (Å²) in [5, 5.41) is 7.75. The minimum atomic E-state index is -0.688. The highest BCUT2D eigenvalue weighted by Gasteiger charge is 2.55. The predicted octanol–water partition coefficient (Wildman–Crippen LogP) is 9.77. The van der Waals surface area contributed by atoms with E-state index in [-0.39, 0.29) is 54.3 Å². The third-order valence-electron chi connectivity index (χ3n) is 14.1. The lowest BCUT2D eigenvalue weighted by atomic mass is 9.87. The summed E-state index contributed by atoms with van der Waals surface area (Å²) in [7, 11) is 2.62. The number of hydrogen-bond acceptors (Lipinski definition) is 8. The van der Waals surface area contributed by atoms with Crippen molar-refractivity contribution >= 4 is 34.8 Å². The molecule has 2 saturated carbocycles. The first kappa shape index (κ1) is 42.1. The number of alkyl carbamates (subject to hydrolysis) is 2. The number of aromatic amines is 2. The highest BCUT2D eigenvalue weighted by Crippen LogP contribution is 2.58. The molecule has 0 radical (unpaired) electrons. The zero-order valence-corrected chi connectivity index (χ0v) is 36.9. The van der Waals surface area contributed by atoms with E-state index >= 15 is 0 Å². The van der Waals surface area contributed by atoms with E-state index in [2.05, 4.69) is 81.3 Å². The fourth-order valence-corrected chi connectivity index (χ4v) is 10.4. The van der Waals surface area contributed by atoms with Gasteiger partial charge < -0.3 is 39.9 Å². The van der Waals surface area contributed by atoms with Crippen LogP contribution >= 0.6 is 0 Å². The summed E-state index contributed by atoms with van der Waals surface area (Å²) in [5.74, 6) is 1.45. The van der Waals surface area contributed by atoms with Gasteiger partial charge in [0, 0.05) is 25.3 Å². The SMILES string of the molecule is COC(=O)N[C@H](C(=O)N1CC2(CC2)C[C@H]1c1ncc(-c2ccc3cc(-c4ccc(-c5cnc(C6[C@H]7CCC[C@H](C7)N6C(=O)[C@@H](NC(=O)OC)C(C)C)[nH]5)cc4)ccc3c2)[nH]1)C(C)C.[HH].[HH].[HH].[HH].[HH]. The number of carbonyl (C=O) groups excluding carboxylic acids is 4. The maximum absolute atomic E-state index is 14.1. The Morgan fingerprint density at radius 1 is 0.730 bits per heavy atom. The zero-order valence-electron chi connectivity index (χ0n) is 36.9. The van der Waals surface area contributed by atoms with Gasteiger partial charge in [0.05, 0.1) is 50.1 Å². The van der Waals surface area contributed by atoms with Crippen molar-refractivity contribution in [3.8, 4) is 33.6 Å². The first-order chi connectivity index (χ1) is 30.3. The molecule has 2 saturated heterocycles. The number of fused-ring (bicyclic) bond motifs is 3. The number of methoxy groups -OCH3 is 2. The van der Waals surface area contributed by atoms with Crippen molar-refractivity contribution in [3.05, 3.63) is 84.7 Å². The van der Waals surface area contributed by atoms with E-state index in [1.807, 2.05) is 49.9 Å². The van der Waals surface area contributed by atoms with Crippen LogP contribution in [0, 0.1) is 23.2 Å². The second-order valence-electron chi connectivity index (χ2n) is 18.9. The van der Waals surface area contributed by atoms with Crippen LogP contribution in [0.5, 0.6) is 0 Å². The van der Waals surface area contributed by atoms with Crippen molar-refractivity contribution in [1.29, 1.82) is 0 Å². The van der Waals surface area contributed by atoms with E-state index in [1.54, 1.807) is 0 Å². The van der Waals surface area contributed by atoms with Crippen LogP contribution in [0.4, 0.5) is 9.59 Å². The van der Waals surface area contributed by atoms with Crippen LogP contribution in [0.25, 0.3) is 44.4 Å². The molecule has 2 bridgehead atoms. The van der Waals surface area contributed by atoms with Crippen LogP contribution in [0.15, 0.2) is 73.1 Å². The van der Waals surface area contributed by atoms with Gasteiger partial charge in [-0.3, -0.25) is 9.59 Å². The number of likely N-dealkylation sites (tertiary alicyclic amines) is 2. The van der Waals surface area contributed by atoms with E-state index in [0.717, 1.165) is 101 Å². The molecule has 2 aliphatic carbocycles. The van der Waals surface area contributed by atoms with Gasteiger partial charge >= 0.3 is 12.2 Å². The number of ether oxygens (including phenoxy) is 2. The van der Waals surface area contributed by atoms with Gasteiger partial charge in [0.25, 0.3) is 0 Å². The summed E-state index contributed by atoms with van der Waals surface area (Å²) in [4.78, 5) is 73.1. The zero-order chi connectivity index (χ0) is 44.2. The first-order valence-corrected chi connectivity index (χ1v) is 22.4. The van der Waals surface area contributed by atoms with Gasteiger partial charge in [0.15, 0.2) is 0 Å². The Bertz CT molecular complexity index is 2550. The lowest BCUT2D eigenvalue weighted by Gasteiger charge is -2.33. The van der Waals surface area contributed by atoms with Gasteiger partial charge in [-0.25, -0.2) is 19.6 Å². The fourth-order valence-electron chi connectivity index (χ4n) is 10.4. The largest absolute Gasteiger partial charge is 0.453 e. The number of amides is 4. The minimum absolute atomic E-state index is 0. The molecule has 4 amide bonds. The highest BCUT2D eigenvalue weighted by molar-refractivity contribution is 5.91. The number of rotatable bonds is 11. The Morgan fingerprint density at radius 2 is 1.29 bits per heavy atom. The fraction of sp³-hybridized carbons (Fsp3) is 0.469. The Labute approximate surface area is 375 Å². The van der Waals surface area contributed by atoms with Gasteiger partial charge in [-0.15, -0.1) is 0 Å². The Hall–Kier alpha value is -6.18. The van der Waals surface area contributed by atoms with Crippen LogP contribution in [0.1, 0.15) is 104 Å². The number of nitrogens with one attached hydrogen (secondary N) is 4. The molecule has 4 aliphatic rings. The van der Waals surface area contributed by atoms with Crippen molar-refractivity contribution in [2.45, 2.75) is 103 Å². The van der Waals surface area contributed by atoms with Crippen molar-refractivity contribution in [2.75, 3.05) is 20.8 Å². The molecule has 14 nitrogen and oxygen atoms in total. The number of aromatic nitrogens is 4. The summed E-state index contributed by atoms with van der Waals surface area (Å²) < 4.78 is 9.68. The van der Waals surface area contributed by atoms with E-state index in [4.69, 9.17) is 19.4 Å². The minimum Gasteiger partial charge on any atom is -0.453 e. The molecule has 63 heavy (non-hydrogen) atoms. The predicted molar refractivity (Wildman–Crippen MR) is 250 cm³/mol. The molecule has 4 heterocycles. The summed E-state index contributed by atoms with van der Waals surface area (Å²) in [6, 6.07) is 19.7. The Morgan fingerprint density at radius 3 is 1.92 bits per heavy atom. The standard InChI is InChI=1S/C49H58N8O6.5H2/c1-27(2)40(54-47(60)62-5)45(58)56-26-49(18-19-49)23-39(56)43-50-25-38(52-43)34-17-16-32-20-31(14-15-33(32)21-34)29-10-12-30(13-11-29)37-24-51-44(53-37)42-35-8-7-9-36(22-35)57(42)46(59)41(28(3)4)55-48(61)63-6;;;;;/h10-17,20-21,24-25,27-28,35-36,39-42H,7-9,18-19,22-23,26H2,1-6H3,(H,50,52)(H,51,53)(H,54,60)(H,55,61);5*1H/t35-,36+,39-,40-,41-,42?;;;;;/m0...../s1. The smallest absolute Gasteiger partial charge is 0.407 e. The summed E-state index contributed by atoms with van der Waals surface area (Å²) in [5.41, 5.74) is 6.10. The molecular weight excluding hydrogens is 797 g/mol. The topological polar surface area (TPSA) is 175 Å². The Kier molecular flexibility index (Phi) is 11.3. The molecule has 5 aromatic rings. The van der Waals surface area contributed by atoms with Crippen LogP contribution in [0.2, 0.25) is 0 Å². The van der Waals surface area contributed by atoms with Crippen molar-refractivity contribution < 1.29 is 35.8 Å². The van der Waals surface area contributed by atoms with E-state index in [9.17, 15) is 19.2 Å². The number of nitrogens with zero attached hydrogens (tertiary/aromatic N) is 4. The average Bonchev–Trinajstić information content (AvgIpc) is 3.68. The molecule has 6 atom stereocenters. The summed E-state index contributed by atoms with van der Waals surface area (Å²) in [6.07, 6.45) is 9.49. The number of hydrogen-bond donors (Lipinski definition) is 4. The molecule has 1 unspecified atom stereocenters. The number of H-pyrrole nitrogens is 2. The summed E-state index contributed by atoms with van der Waals surface area (Å²) in [6.45, 7) is 8.39. The van der Waals surface area contributed by atoms with Gasteiger partial charge in [-0.1, -0.05) is 82.6 Å². The molecular formula is C49H68N8O6. The summed E-state index contributed by atoms with van der Waals surface area (Å²) >= 11 is 0. The maximum Gasteiger partial charge on any atom is 0.407 e.